The number of amides is 2. The van der Waals surface area contributed by atoms with Gasteiger partial charge in [-0.2, -0.15) is 0 Å². The van der Waals surface area contributed by atoms with Gasteiger partial charge in [-0.1, -0.05) is 12.1 Å². The summed E-state index contributed by atoms with van der Waals surface area (Å²) in [6, 6.07) is 6.40. The molecule has 1 aliphatic rings. The van der Waals surface area contributed by atoms with Crippen molar-refractivity contribution in [2.75, 3.05) is 51.7 Å². The molecular formula is C16H22N4O4. The van der Waals surface area contributed by atoms with E-state index in [2.05, 4.69) is 15.0 Å². The number of nitrogens with one attached hydrogen (secondary N) is 1. The Morgan fingerprint density at radius 3 is 2.46 bits per heavy atom. The number of piperazine rings is 1. The van der Waals surface area contributed by atoms with E-state index in [4.69, 9.17) is 5.73 Å². The molecule has 2 amide bonds. The second-order valence-corrected chi connectivity index (χ2v) is 5.41. The first-order valence-electron chi connectivity index (χ1n) is 7.77. The van der Waals surface area contributed by atoms with E-state index in [0.29, 0.717) is 32.7 Å². The summed E-state index contributed by atoms with van der Waals surface area (Å²) in [5.74, 6) is -1.95. The van der Waals surface area contributed by atoms with Crippen LogP contribution in [0, 0.1) is 0 Å². The van der Waals surface area contributed by atoms with Gasteiger partial charge in [0.25, 0.3) is 0 Å². The van der Waals surface area contributed by atoms with E-state index in [1.807, 2.05) is 0 Å². The maximum absolute atomic E-state index is 12.3. The number of nitrogens with two attached hydrogens (primary N) is 1. The van der Waals surface area contributed by atoms with Crippen LogP contribution in [0.2, 0.25) is 0 Å². The number of carbonyl (C=O) groups excluding carboxylic acids is 3. The second kappa shape index (κ2) is 8.42. The van der Waals surface area contributed by atoms with Crippen molar-refractivity contribution in [3.63, 3.8) is 0 Å². The van der Waals surface area contributed by atoms with Gasteiger partial charge in [-0.15, -0.1) is 0 Å². The van der Waals surface area contributed by atoms with E-state index < -0.39 is 17.8 Å². The molecule has 0 radical (unpaired) electrons. The molecular weight excluding hydrogens is 312 g/mol. The van der Waals surface area contributed by atoms with Gasteiger partial charge in [0.05, 0.1) is 18.4 Å². The van der Waals surface area contributed by atoms with E-state index in [-0.39, 0.29) is 11.3 Å². The van der Waals surface area contributed by atoms with E-state index in [0.717, 1.165) is 6.54 Å². The van der Waals surface area contributed by atoms with Crippen molar-refractivity contribution in [3.8, 4) is 0 Å². The summed E-state index contributed by atoms with van der Waals surface area (Å²) in [4.78, 5) is 39.8. The van der Waals surface area contributed by atoms with Crippen molar-refractivity contribution >= 4 is 23.5 Å². The average Bonchev–Trinajstić information content (AvgIpc) is 2.62. The molecule has 0 bridgehead atoms. The third kappa shape index (κ3) is 4.30. The van der Waals surface area contributed by atoms with Crippen LogP contribution in [0.25, 0.3) is 0 Å². The lowest BCUT2D eigenvalue weighted by molar-refractivity contribution is -0.144. The zero-order valence-corrected chi connectivity index (χ0v) is 13.7. The number of nitrogens with zero attached hydrogens (tertiary/aromatic N) is 2. The Morgan fingerprint density at radius 1 is 1.17 bits per heavy atom. The van der Waals surface area contributed by atoms with Crippen LogP contribution >= 0.6 is 0 Å². The van der Waals surface area contributed by atoms with Crippen LogP contribution in [0.4, 0.5) is 5.69 Å². The maximum atomic E-state index is 12.3. The van der Waals surface area contributed by atoms with E-state index >= 15 is 0 Å². The van der Waals surface area contributed by atoms with Crippen molar-refractivity contribution in [1.82, 2.24) is 9.80 Å². The van der Waals surface area contributed by atoms with Crippen molar-refractivity contribution in [2.45, 2.75) is 0 Å². The molecule has 0 aromatic heterocycles. The van der Waals surface area contributed by atoms with Crippen molar-refractivity contribution in [2.24, 2.45) is 5.73 Å². The number of hydrogen-bond acceptors (Lipinski definition) is 6. The number of benzene rings is 1. The zero-order valence-electron chi connectivity index (χ0n) is 13.7. The smallest absolute Gasteiger partial charge is 0.339 e. The highest BCUT2D eigenvalue weighted by atomic mass is 16.5. The third-order valence-electron chi connectivity index (χ3n) is 3.88. The van der Waals surface area contributed by atoms with Crippen LogP contribution in [-0.2, 0) is 14.3 Å². The van der Waals surface area contributed by atoms with Gasteiger partial charge in [-0.25, -0.2) is 4.79 Å². The second-order valence-electron chi connectivity index (χ2n) is 5.41. The summed E-state index contributed by atoms with van der Waals surface area (Å²) in [5.41, 5.74) is 5.97. The molecule has 0 spiro atoms. The molecule has 1 aromatic carbocycles. The number of ether oxygens (including phenoxy) is 1. The van der Waals surface area contributed by atoms with Crippen LogP contribution in [0.15, 0.2) is 24.3 Å². The number of rotatable bonds is 4. The largest absolute Gasteiger partial charge is 0.465 e. The minimum absolute atomic E-state index is 0.203. The highest BCUT2D eigenvalue weighted by Crippen LogP contribution is 2.16. The van der Waals surface area contributed by atoms with Gasteiger partial charge < -0.3 is 20.7 Å². The predicted octanol–water partition coefficient (Wildman–Crippen LogP) is -0.485. The quantitative estimate of drug-likeness (QED) is 0.569. The Hall–Kier alpha value is -2.45. The zero-order chi connectivity index (χ0) is 17.5. The van der Waals surface area contributed by atoms with Gasteiger partial charge in [0.2, 0.25) is 0 Å². The fourth-order valence-corrected chi connectivity index (χ4v) is 2.56. The Balaban J connectivity index is 1.98. The first-order valence-corrected chi connectivity index (χ1v) is 7.77. The number of hydrogen-bond donors (Lipinski definition) is 2. The number of esters is 1. The van der Waals surface area contributed by atoms with Gasteiger partial charge in [-0.3, -0.25) is 14.5 Å². The summed E-state index contributed by atoms with van der Waals surface area (Å²) in [6.07, 6.45) is 0. The molecule has 1 saturated heterocycles. The van der Waals surface area contributed by atoms with Crippen LogP contribution in [0.5, 0.6) is 0 Å². The highest BCUT2D eigenvalue weighted by molar-refractivity contribution is 6.39. The minimum Gasteiger partial charge on any atom is -0.465 e. The number of anilines is 1. The summed E-state index contributed by atoms with van der Waals surface area (Å²) in [5, 5.41) is 2.49. The summed E-state index contributed by atoms with van der Waals surface area (Å²) in [6.45, 7) is 3.68. The molecule has 1 aliphatic heterocycles. The number of methoxy groups -OCH3 is 1. The van der Waals surface area contributed by atoms with E-state index in [9.17, 15) is 14.4 Å². The molecule has 8 nitrogen and oxygen atoms in total. The van der Waals surface area contributed by atoms with Crippen LogP contribution in [-0.4, -0.2) is 74.0 Å². The Bertz CT molecular complexity index is 612. The molecule has 8 heteroatoms. The average molecular weight is 334 g/mol. The highest BCUT2D eigenvalue weighted by Gasteiger charge is 2.26. The van der Waals surface area contributed by atoms with Gasteiger partial charge in [-0.05, 0) is 12.1 Å². The number of carbonyl (C=O) groups is 3. The SMILES string of the molecule is COC(=O)c1ccccc1NC(=O)C(=O)N1CCN(CCN)CC1. The lowest BCUT2D eigenvalue weighted by Crippen LogP contribution is -2.52. The summed E-state index contributed by atoms with van der Waals surface area (Å²) in [7, 11) is 1.26. The molecule has 3 N–H and O–H groups in total. The predicted molar refractivity (Wildman–Crippen MR) is 88.5 cm³/mol. The van der Waals surface area contributed by atoms with Crippen molar-refractivity contribution in [1.29, 1.82) is 0 Å². The third-order valence-corrected chi connectivity index (χ3v) is 3.88. The maximum Gasteiger partial charge on any atom is 0.339 e. The molecule has 0 atom stereocenters. The van der Waals surface area contributed by atoms with Gasteiger partial charge >= 0.3 is 17.8 Å². The lowest BCUT2D eigenvalue weighted by Gasteiger charge is -2.34. The molecule has 0 saturated carbocycles. The summed E-state index contributed by atoms with van der Waals surface area (Å²) < 4.78 is 4.67. The Labute approximate surface area is 140 Å². The molecule has 1 aromatic rings. The lowest BCUT2D eigenvalue weighted by atomic mass is 10.1. The Kier molecular flexibility index (Phi) is 6.28. The molecule has 0 aliphatic carbocycles. The molecule has 2 rings (SSSR count). The van der Waals surface area contributed by atoms with Gasteiger partial charge in [0.15, 0.2) is 0 Å². The van der Waals surface area contributed by atoms with E-state index in [1.165, 1.54) is 18.1 Å². The van der Waals surface area contributed by atoms with E-state index in [1.54, 1.807) is 18.2 Å². The van der Waals surface area contributed by atoms with Crippen LogP contribution in [0.3, 0.4) is 0 Å². The van der Waals surface area contributed by atoms with Crippen molar-refractivity contribution < 1.29 is 19.1 Å². The van der Waals surface area contributed by atoms with Crippen molar-refractivity contribution in [3.05, 3.63) is 29.8 Å². The van der Waals surface area contributed by atoms with Crippen LogP contribution < -0.4 is 11.1 Å². The monoisotopic (exact) mass is 334 g/mol. The normalized spacial score (nSPS) is 15.0. The number of para-hydroxylation sites is 1. The molecule has 1 heterocycles. The topological polar surface area (TPSA) is 105 Å². The Morgan fingerprint density at radius 2 is 1.83 bits per heavy atom. The minimum atomic E-state index is -0.765. The first-order chi connectivity index (χ1) is 11.6. The fourth-order valence-electron chi connectivity index (χ4n) is 2.56. The molecule has 1 fully saturated rings. The first kappa shape index (κ1) is 17.9. The molecule has 0 unspecified atom stereocenters. The standard InChI is InChI=1S/C16H22N4O4/c1-24-16(23)12-4-2-3-5-13(12)18-14(21)15(22)20-10-8-19(7-6-17)9-11-20/h2-5H,6-11,17H2,1H3,(H,18,21). The van der Waals surface area contributed by atoms with Gasteiger partial charge in [0, 0.05) is 39.3 Å². The van der Waals surface area contributed by atoms with Gasteiger partial charge in [0.1, 0.15) is 0 Å². The fraction of sp³-hybridized carbons (Fsp3) is 0.438. The van der Waals surface area contributed by atoms with Crippen LogP contribution in [0.1, 0.15) is 10.4 Å². The molecule has 130 valence electrons. The molecule has 24 heavy (non-hydrogen) atoms. The summed E-state index contributed by atoms with van der Waals surface area (Å²) >= 11 is 0.